The lowest BCUT2D eigenvalue weighted by molar-refractivity contribution is -0.176. The Morgan fingerprint density at radius 1 is 1.29 bits per heavy atom. The van der Waals surface area contributed by atoms with Gasteiger partial charge in [0.05, 0.1) is 6.42 Å². The predicted molar refractivity (Wildman–Crippen MR) is 40.1 cm³/mol. The van der Waals surface area contributed by atoms with Gasteiger partial charge in [0.15, 0.2) is 0 Å². The molecule has 0 aromatic carbocycles. The van der Waals surface area contributed by atoms with Crippen LogP contribution >= 0.6 is 12.4 Å². The van der Waals surface area contributed by atoms with Gasteiger partial charge in [-0.05, 0) is 0 Å². The zero-order valence-corrected chi connectivity index (χ0v) is 7.35. The third-order valence-electron chi connectivity index (χ3n) is 1.01. The first-order chi connectivity index (χ1) is 5.72. The molecule has 0 heterocycles. The molecule has 0 radical (unpaired) electrons. The molecule has 0 aliphatic heterocycles. The Morgan fingerprint density at radius 2 is 1.71 bits per heavy atom. The van der Waals surface area contributed by atoms with Crippen LogP contribution in [0.4, 0.5) is 13.2 Å². The van der Waals surface area contributed by atoms with Gasteiger partial charge in [0, 0.05) is 0 Å². The van der Waals surface area contributed by atoms with Crippen molar-refractivity contribution in [2.45, 2.75) is 18.8 Å². The van der Waals surface area contributed by atoms with Crippen molar-refractivity contribution < 1.29 is 33.0 Å². The van der Waals surface area contributed by atoms with Crippen molar-refractivity contribution in [1.82, 2.24) is 5.32 Å². The summed E-state index contributed by atoms with van der Waals surface area (Å²) in [5, 5.41) is 16.9. The third kappa shape index (κ3) is 7.62. The van der Waals surface area contributed by atoms with Crippen LogP contribution in [0.5, 0.6) is 0 Å². The van der Waals surface area contributed by atoms with Crippen LogP contribution in [0.25, 0.3) is 0 Å². The van der Waals surface area contributed by atoms with E-state index in [0.717, 1.165) is 0 Å². The SMILES string of the molecule is Cl.O=C(O)C[C@@H](NC(F)(F)F)C(=O)O. The first-order valence-electron chi connectivity index (χ1n) is 3.01. The second kappa shape index (κ2) is 5.66. The van der Waals surface area contributed by atoms with Gasteiger partial charge in [-0.15, -0.1) is 12.4 Å². The van der Waals surface area contributed by atoms with Crippen LogP contribution in [-0.4, -0.2) is 34.5 Å². The standard InChI is InChI=1S/C5H6F3NO4.ClH/c6-5(7,8)9-2(4(12)13)1-3(10)11;/h2,9H,1H2,(H,10,11)(H,12,13);1H/t2-;/m1./s1. The number of hydrogen-bond acceptors (Lipinski definition) is 3. The Labute approximate surface area is 82.3 Å². The van der Waals surface area contributed by atoms with Crippen molar-refractivity contribution in [3.8, 4) is 0 Å². The first kappa shape index (κ1) is 15.5. The Kier molecular flexibility index (Phi) is 6.24. The molecule has 0 amide bonds. The van der Waals surface area contributed by atoms with E-state index in [1.807, 2.05) is 0 Å². The fourth-order valence-electron chi connectivity index (χ4n) is 0.572. The van der Waals surface area contributed by atoms with Crippen LogP contribution in [0, 0.1) is 0 Å². The van der Waals surface area contributed by atoms with Gasteiger partial charge in [-0.2, -0.15) is 13.2 Å². The largest absolute Gasteiger partial charge is 0.481 e. The molecule has 0 aromatic rings. The quantitative estimate of drug-likeness (QED) is 0.618. The van der Waals surface area contributed by atoms with E-state index in [2.05, 4.69) is 0 Å². The van der Waals surface area contributed by atoms with Crippen LogP contribution in [0.3, 0.4) is 0 Å². The van der Waals surface area contributed by atoms with Crippen LogP contribution < -0.4 is 5.32 Å². The molecule has 9 heteroatoms. The molecule has 84 valence electrons. The van der Waals surface area contributed by atoms with Gasteiger partial charge in [-0.1, -0.05) is 0 Å². The molecule has 0 saturated carbocycles. The van der Waals surface area contributed by atoms with Crippen molar-refractivity contribution in [2.24, 2.45) is 0 Å². The molecule has 3 N–H and O–H groups in total. The summed E-state index contributed by atoms with van der Waals surface area (Å²) < 4.78 is 34.6. The number of carboxylic acid groups (broad SMARTS) is 2. The maximum Gasteiger partial charge on any atom is 0.458 e. The summed E-state index contributed by atoms with van der Waals surface area (Å²) >= 11 is 0. The molecule has 5 nitrogen and oxygen atoms in total. The molecule has 0 unspecified atom stereocenters. The fraction of sp³-hybridized carbons (Fsp3) is 0.600. The van der Waals surface area contributed by atoms with Crippen LogP contribution in [0.2, 0.25) is 0 Å². The minimum absolute atomic E-state index is 0. The summed E-state index contributed by atoms with van der Waals surface area (Å²) in [7, 11) is 0. The molecule has 0 aliphatic rings. The lowest BCUT2D eigenvalue weighted by atomic mass is 10.2. The summed E-state index contributed by atoms with van der Waals surface area (Å²) in [6.45, 7) is 0. The van der Waals surface area contributed by atoms with E-state index in [1.54, 1.807) is 0 Å². The van der Waals surface area contributed by atoms with E-state index >= 15 is 0 Å². The highest BCUT2D eigenvalue weighted by atomic mass is 35.5. The zero-order valence-electron chi connectivity index (χ0n) is 6.54. The minimum Gasteiger partial charge on any atom is -0.481 e. The van der Waals surface area contributed by atoms with Crippen molar-refractivity contribution in [3.05, 3.63) is 0 Å². The second-order valence-electron chi connectivity index (χ2n) is 2.13. The molecular weight excluding hydrogens is 231 g/mol. The summed E-state index contributed by atoms with van der Waals surface area (Å²) in [6, 6.07) is -2.16. The van der Waals surface area contributed by atoms with Gasteiger partial charge in [-0.3, -0.25) is 9.59 Å². The predicted octanol–water partition coefficient (Wildman–Crippen LogP) is 0.445. The highest BCUT2D eigenvalue weighted by Gasteiger charge is 2.35. The Bertz CT molecular complexity index is 220. The maximum absolute atomic E-state index is 11.5. The number of rotatable bonds is 4. The highest BCUT2D eigenvalue weighted by molar-refractivity contribution is 5.85. The van der Waals surface area contributed by atoms with Gasteiger partial charge < -0.3 is 10.2 Å². The molecule has 0 spiro atoms. The number of hydrogen-bond donors (Lipinski definition) is 3. The van der Waals surface area contributed by atoms with E-state index in [1.165, 1.54) is 0 Å². The summed E-state index contributed by atoms with van der Waals surface area (Å²) in [4.78, 5) is 20.0. The lowest BCUT2D eigenvalue weighted by Crippen LogP contribution is -2.46. The fourth-order valence-corrected chi connectivity index (χ4v) is 0.572. The maximum atomic E-state index is 11.5. The van der Waals surface area contributed by atoms with E-state index in [-0.39, 0.29) is 12.4 Å². The van der Waals surface area contributed by atoms with Gasteiger partial charge in [0.1, 0.15) is 6.04 Å². The summed E-state index contributed by atoms with van der Waals surface area (Å²) in [5.41, 5.74) is 0. The number of carbonyl (C=O) groups is 2. The summed E-state index contributed by atoms with van der Waals surface area (Å²) in [6.07, 6.45) is -6.03. The lowest BCUT2D eigenvalue weighted by Gasteiger charge is -2.14. The molecule has 0 aliphatic carbocycles. The van der Waals surface area contributed by atoms with Crippen molar-refractivity contribution in [3.63, 3.8) is 0 Å². The molecule has 0 fully saturated rings. The molecule has 0 bridgehead atoms. The third-order valence-corrected chi connectivity index (χ3v) is 1.01. The van der Waals surface area contributed by atoms with Crippen LogP contribution in [0.15, 0.2) is 0 Å². The molecule has 0 rings (SSSR count). The van der Waals surface area contributed by atoms with E-state index < -0.39 is 30.7 Å². The van der Waals surface area contributed by atoms with Gasteiger partial charge in [0.2, 0.25) is 0 Å². The van der Waals surface area contributed by atoms with Crippen LogP contribution in [0.1, 0.15) is 6.42 Å². The Hall–Kier alpha value is -1.02. The zero-order chi connectivity index (χ0) is 10.6. The smallest absolute Gasteiger partial charge is 0.458 e. The number of carboxylic acids is 2. The Morgan fingerprint density at radius 3 is 1.93 bits per heavy atom. The van der Waals surface area contributed by atoms with Gasteiger partial charge >= 0.3 is 18.2 Å². The van der Waals surface area contributed by atoms with Gasteiger partial charge in [-0.25, -0.2) is 5.32 Å². The average Bonchev–Trinajstić information content (AvgIpc) is 1.81. The second-order valence-corrected chi connectivity index (χ2v) is 2.13. The van der Waals surface area contributed by atoms with Crippen molar-refractivity contribution >= 4 is 24.3 Å². The number of halogens is 4. The average molecular weight is 238 g/mol. The number of aliphatic carboxylic acids is 2. The van der Waals surface area contributed by atoms with Gasteiger partial charge in [0.25, 0.3) is 0 Å². The topological polar surface area (TPSA) is 86.6 Å². The highest BCUT2D eigenvalue weighted by Crippen LogP contribution is 2.12. The molecular formula is C5H7ClF3NO4. The monoisotopic (exact) mass is 237 g/mol. The number of alkyl halides is 3. The number of nitrogens with one attached hydrogen (secondary N) is 1. The van der Waals surface area contributed by atoms with E-state index in [4.69, 9.17) is 10.2 Å². The first-order valence-corrected chi connectivity index (χ1v) is 3.01. The molecule has 0 aromatic heterocycles. The van der Waals surface area contributed by atoms with Crippen molar-refractivity contribution in [2.75, 3.05) is 0 Å². The molecule has 1 atom stereocenters. The Balaban J connectivity index is 0. The van der Waals surface area contributed by atoms with Crippen LogP contribution in [-0.2, 0) is 9.59 Å². The molecule has 14 heavy (non-hydrogen) atoms. The minimum atomic E-state index is -4.90. The van der Waals surface area contributed by atoms with E-state index in [0.29, 0.717) is 5.32 Å². The van der Waals surface area contributed by atoms with Crippen molar-refractivity contribution in [1.29, 1.82) is 0 Å². The molecule has 0 saturated heterocycles. The summed E-state index contributed by atoms with van der Waals surface area (Å²) in [5.74, 6) is -3.48. The van der Waals surface area contributed by atoms with E-state index in [9.17, 15) is 22.8 Å². The normalized spacial score (nSPS) is 12.8.